The number of unbranched alkanes of at least 4 members (excludes halogenated alkanes) is 2. The average Bonchev–Trinajstić information content (AvgIpc) is 3.27. The predicted octanol–water partition coefficient (Wildman–Crippen LogP) is 3.39. The highest BCUT2D eigenvalue weighted by Crippen LogP contribution is 2.24. The number of thiophene rings is 1. The number of hydrogen-bond donors (Lipinski definition) is 2. The fourth-order valence-corrected chi connectivity index (χ4v) is 6.25. The summed E-state index contributed by atoms with van der Waals surface area (Å²) in [5.41, 5.74) is 2.60. The first-order valence-corrected chi connectivity index (χ1v) is 14.7. The van der Waals surface area contributed by atoms with Crippen molar-refractivity contribution in [2.45, 2.75) is 68.3 Å². The minimum Gasteiger partial charge on any atom is -0.542 e. The van der Waals surface area contributed by atoms with Crippen molar-refractivity contribution in [1.82, 2.24) is 4.72 Å². The zero-order valence-electron chi connectivity index (χ0n) is 22.6. The lowest BCUT2D eigenvalue weighted by atomic mass is 10.0. The zero-order chi connectivity index (χ0) is 29.9. The predicted molar refractivity (Wildman–Crippen MR) is 142 cm³/mol. The fraction of sp³-hybridized carbons (Fsp3) is 0.538. The third-order valence-corrected chi connectivity index (χ3v) is 8.55. The van der Waals surface area contributed by atoms with E-state index < -0.39 is 34.2 Å². The van der Waals surface area contributed by atoms with Crippen molar-refractivity contribution >= 4 is 33.3 Å². The molecular weight excluding hydrogens is 557 g/mol. The Kier molecular flexibility index (Phi) is 13.6. The van der Waals surface area contributed by atoms with E-state index in [2.05, 4.69) is 35.9 Å². The van der Waals surface area contributed by atoms with Crippen LogP contribution in [0.3, 0.4) is 0 Å². The lowest BCUT2D eigenvalue weighted by Crippen LogP contribution is -2.49. The second-order valence-corrected chi connectivity index (χ2v) is 13.3. The standard InChI is InChI=1S/C24H36N2O4S2.C2HF3O2/c1-5-6-7-8-19-9-11-20(12-10-19)13-14-22-15-16-24(31-22)32(29,30)25-21(17-23(27)28)18-26(2,3)4;3-2(4,5)1(6)7/h9-12,15-16,21,25H,5-8,13-14,17-18H2,1-4H3;(H,6,7)/t21-;/m1./s1. The SMILES string of the molecule is CCCCCc1ccc(CCc2ccc(S(=O)(=O)N[C@H](CC(=O)O)C[N+](C)(C)C)s2)cc1.O=C([O-])C(F)(F)F. The number of nitrogens with zero attached hydrogens (tertiary/aromatic N) is 1. The fourth-order valence-electron chi connectivity index (χ4n) is 3.65. The lowest BCUT2D eigenvalue weighted by Gasteiger charge is -2.28. The van der Waals surface area contributed by atoms with E-state index in [4.69, 9.17) is 15.0 Å². The Labute approximate surface area is 232 Å². The van der Waals surface area contributed by atoms with E-state index in [0.29, 0.717) is 11.0 Å². The molecule has 0 saturated heterocycles. The van der Waals surface area contributed by atoms with Gasteiger partial charge in [-0.25, -0.2) is 13.1 Å². The molecule has 1 heterocycles. The number of carboxylic acids is 2. The molecule has 0 amide bonds. The van der Waals surface area contributed by atoms with Crippen molar-refractivity contribution < 1.29 is 45.9 Å². The third kappa shape index (κ3) is 14.5. The van der Waals surface area contributed by atoms with Gasteiger partial charge in [-0.15, -0.1) is 11.3 Å². The molecule has 1 aromatic carbocycles. The Morgan fingerprint density at radius 1 is 1.00 bits per heavy atom. The van der Waals surface area contributed by atoms with Gasteiger partial charge in [0.2, 0.25) is 0 Å². The van der Waals surface area contributed by atoms with E-state index in [1.807, 2.05) is 27.2 Å². The maximum absolute atomic E-state index is 12.8. The molecule has 39 heavy (non-hydrogen) atoms. The monoisotopic (exact) mass is 594 g/mol. The summed E-state index contributed by atoms with van der Waals surface area (Å²) in [6.07, 6.45) is 0.997. The Hall–Kier alpha value is -2.48. The quantitative estimate of drug-likeness (QED) is 0.255. The highest BCUT2D eigenvalue weighted by molar-refractivity contribution is 7.91. The molecule has 0 aliphatic carbocycles. The number of likely N-dealkylation sites (N-methyl/N-ethyl adjacent to an activating group) is 1. The van der Waals surface area contributed by atoms with Crippen molar-refractivity contribution in [1.29, 1.82) is 0 Å². The van der Waals surface area contributed by atoms with Crippen LogP contribution in [0.5, 0.6) is 0 Å². The van der Waals surface area contributed by atoms with Crippen LogP contribution in [0.1, 0.15) is 48.6 Å². The van der Waals surface area contributed by atoms with Gasteiger partial charge in [-0.2, -0.15) is 13.2 Å². The van der Waals surface area contributed by atoms with Gasteiger partial charge in [0, 0.05) is 4.88 Å². The van der Waals surface area contributed by atoms with Crippen LogP contribution in [0.4, 0.5) is 13.2 Å². The second kappa shape index (κ2) is 15.3. The third-order valence-electron chi connectivity index (χ3n) is 5.40. The number of aliphatic carboxylic acids is 2. The van der Waals surface area contributed by atoms with Gasteiger partial charge in [-0.3, -0.25) is 4.79 Å². The summed E-state index contributed by atoms with van der Waals surface area (Å²) >= 11 is 1.25. The van der Waals surface area contributed by atoms with Gasteiger partial charge in [-0.1, -0.05) is 44.0 Å². The van der Waals surface area contributed by atoms with Crippen molar-refractivity contribution in [3.05, 3.63) is 52.4 Å². The number of hydrogen-bond acceptors (Lipinski definition) is 6. The number of carbonyl (C=O) groups is 2. The Morgan fingerprint density at radius 2 is 1.54 bits per heavy atom. The first-order valence-electron chi connectivity index (χ1n) is 12.4. The van der Waals surface area contributed by atoms with Crippen LogP contribution < -0.4 is 9.83 Å². The van der Waals surface area contributed by atoms with Crippen molar-refractivity contribution in [3.63, 3.8) is 0 Å². The summed E-state index contributed by atoms with van der Waals surface area (Å²) in [4.78, 5) is 21.0. The van der Waals surface area contributed by atoms with E-state index in [1.165, 1.54) is 41.7 Å². The molecule has 0 spiro atoms. The Bertz CT molecular complexity index is 1160. The van der Waals surface area contributed by atoms with E-state index in [-0.39, 0.29) is 10.6 Å². The number of quaternary nitrogens is 1. The molecule has 8 nitrogen and oxygen atoms in total. The smallest absolute Gasteiger partial charge is 0.430 e. The number of carbonyl (C=O) groups excluding carboxylic acids is 1. The molecule has 0 bridgehead atoms. The lowest BCUT2D eigenvalue weighted by molar-refractivity contribution is -0.871. The summed E-state index contributed by atoms with van der Waals surface area (Å²) in [7, 11) is 1.96. The molecule has 2 N–H and O–H groups in total. The summed E-state index contributed by atoms with van der Waals surface area (Å²) in [6, 6.07) is 11.5. The van der Waals surface area contributed by atoms with E-state index in [0.717, 1.165) is 24.1 Å². The van der Waals surface area contributed by atoms with Gasteiger partial charge in [0.05, 0.1) is 40.2 Å². The molecule has 220 valence electrons. The van der Waals surface area contributed by atoms with Crippen LogP contribution >= 0.6 is 11.3 Å². The topological polar surface area (TPSA) is 124 Å². The number of nitrogens with one attached hydrogen (secondary N) is 1. The summed E-state index contributed by atoms with van der Waals surface area (Å²) < 4.78 is 60.5. The van der Waals surface area contributed by atoms with Gasteiger partial charge in [-0.05, 0) is 48.9 Å². The highest BCUT2D eigenvalue weighted by Gasteiger charge is 2.29. The largest absolute Gasteiger partial charge is 0.542 e. The normalized spacial score (nSPS) is 12.9. The summed E-state index contributed by atoms with van der Waals surface area (Å²) in [6.45, 7) is 2.60. The van der Waals surface area contributed by atoms with Crippen molar-refractivity contribution in [3.8, 4) is 0 Å². The summed E-state index contributed by atoms with van der Waals surface area (Å²) in [5.74, 6) is -4.03. The molecule has 0 fully saturated rings. The molecule has 2 rings (SSSR count). The molecule has 0 saturated carbocycles. The van der Waals surface area contributed by atoms with Gasteiger partial charge in [0.25, 0.3) is 10.0 Å². The molecule has 2 aromatic rings. The maximum atomic E-state index is 12.8. The van der Waals surface area contributed by atoms with Gasteiger partial charge in [0.1, 0.15) is 10.2 Å². The van der Waals surface area contributed by atoms with Crippen LogP contribution in [-0.2, 0) is 38.9 Å². The summed E-state index contributed by atoms with van der Waals surface area (Å²) in [5, 5.41) is 17.9. The van der Waals surface area contributed by atoms with Gasteiger partial charge < -0.3 is 19.5 Å². The number of carboxylic acid groups (broad SMARTS) is 2. The number of halogens is 3. The van der Waals surface area contributed by atoms with Crippen molar-refractivity contribution in [2.75, 3.05) is 27.7 Å². The van der Waals surface area contributed by atoms with Crippen LogP contribution in [0.2, 0.25) is 0 Å². The van der Waals surface area contributed by atoms with Crippen molar-refractivity contribution in [2.24, 2.45) is 0 Å². The van der Waals surface area contributed by atoms with Crippen LogP contribution in [0.25, 0.3) is 0 Å². The van der Waals surface area contributed by atoms with Gasteiger partial charge in [0.15, 0.2) is 0 Å². The zero-order valence-corrected chi connectivity index (χ0v) is 24.2. The number of rotatable bonds is 14. The first kappa shape index (κ1) is 34.5. The number of aryl methyl sites for hydroxylation is 3. The number of sulfonamides is 1. The molecule has 1 atom stereocenters. The van der Waals surface area contributed by atoms with E-state index in [9.17, 15) is 26.4 Å². The minimum absolute atomic E-state index is 0.232. The molecule has 0 aliphatic rings. The molecule has 0 aliphatic heterocycles. The van der Waals surface area contributed by atoms with E-state index in [1.54, 1.807) is 6.07 Å². The Morgan fingerprint density at radius 3 is 2.00 bits per heavy atom. The molecular formula is C26H37F3N2O6S2. The Balaban J connectivity index is 0.000000956. The number of alkyl halides is 3. The number of benzene rings is 1. The molecule has 0 unspecified atom stereocenters. The van der Waals surface area contributed by atoms with Crippen LogP contribution in [0.15, 0.2) is 40.6 Å². The van der Waals surface area contributed by atoms with Crippen LogP contribution in [-0.4, -0.2) is 69.9 Å². The molecule has 13 heteroatoms. The minimum atomic E-state index is -5.19. The van der Waals surface area contributed by atoms with Gasteiger partial charge >= 0.3 is 12.1 Å². The average molecular weight is 595 g/mol. The second-order valence-electron chi connectivity index (χ2n) is 10.2. The maximum Gasteiger partial charge on any atom is 0.430 e. The first-order chi connectivity index (χ1) is 17.9. The highest BCUT2D eigenvalue weighted by atomic mass is 32.2. The van der Waals surface area contributed by atoms with E-state index >= 15 is 0 Å². The van der Waals surface area contributed by atoms with Crippen LogP contribution in [0, 0.1) is 0 Å². The molecule has 1 aromatic heterocycles. The molecule has 0 radical (unpaired) electrons.